The number of sulfonamides is 1. The molecule has 0 aliphatic heterocycles. The van der Waals surface area contributed by atoms with Gasteiger partial charge in [0.05, 0.1) is 18.5 Å². The van der Waals surface area contributed by atoms with Gasteiger partial charge in [0.1, 0.15) is 18.4 Å². The number of nitrogens with zero attached hydrogens (tertiary/aromatic N) is 1. The van der Waals surface area contributed by atoms with Gasteiger partial charge in [-0.25, -0.2) is 8.42 Å². The quantitative estimate of drug-likeness (QED) is 0.583. The Bertz CT molecular complexity index is 988. The van der Waals surface area contributed by atoms with Crippen molar-refractivity contribution in [3.63, 3.8) is 0 Å². The first kappa shape index (κ1) is 24.0. The van der Waals surface area contributed by atoms with Crippen LogP contribution in [0.5, 0.6) is 5.75 Å². The Morgan fingerprint density at radius 1 is 1.13 bits per heavy atom. The summed E-state index contributed by atoms with van der Waals surface area (Å²) in [5.74, 6) is 0.354. The highest BCUT2D eigenvalue weighted by atomic mass is 35.5. The number of carbonyl (C=O) groups excluding carboxylic acids is 1. The van der Waals surface area contributed by atoms with Crippen molar-refractivity contribution < 1.29 is 17.9 Å². The lowest BCUT2D eigenvalue weighted by molar-refractivity contribution is -0.122. The van der Waals surface area contributed by atoms with E-state index in [0.29, 0.717) is 22.7 Å². The predicted octanol–water partition coefficient (Wildman–Crippen LogP) is 4.01. The van der Waals surface area contributed by atoms with Crippen LogP contribution in [0.25, 0.3) is 0 Å². The summed E-state index contributed by atoms with van der Waals surface area (Å²) in [5, 5.41) is 3.19. The Balaban J connectivity index is 2.11. The largest absolute Gasteiger partial charge is 0.492 e. The summed E-state index contributed by atoms with van der Waals surface area (Å²) in [7, 11) is -3.71. The highest BCUT2D eigenvalue weighted by Crippen LogP contribution is 2.29. The molecule has 0 unspecified atom stereocenters. The van der Waals surface area contributed by atoms with E-state index in [2.05, 4.69) is 11.4 Å². The molecule has 2 aromatic rings. The van der Waals surface area contributed by atoms with Crippen LogP contribution in [0.15, 0.2) is 36.4 Å². The SMILES string of the molecule is CC[C@@H](C(=O)NCCOc1cc(C)cc(C)c1)N(c1cc(Cl)ccc1C)S(C)(=O)=O. The van der Waals surface area contributed by atoms with E-state index in [1.54, 1.807) is 32.0 Å². The molecule has 8 heteroatoms. The minimum atomic E-state index is -3.71. The van der Waals surface area contributed by atoms with Gasteiger partial charge in [-0.3, -0.25) is 9.10 Å². The lowest BCUT2D eigenvalue weighted by Gasteiger charge is -2.31. The minimum Gasteiger partial charge on any atom is -0.492 e. The maximum Gasteiger partial charge on any atom is 0.244 e. The van der Waals surface area contributed by atoms with E-state index in [-0.39, 0.29) is 19.1 Å². The summed E-state index contributed by atoms with van der Waals surface area (Å²) in [6.45, 7) is 8.07. The second kappa shape index (κ2) is 10.2. The minimum absolute atomic E-state index is 0.258. The number of anilines is 1. The first-order valence-corrected chi connectivity index (χ1v) is 12.0. The van der Waals surface area contributed by atoms with Crippen molar-refractivity contribution in [2.45, 2.75) is 40.2 Å². The van der Waals surface area contributed by atoms with Gasteiger partial charge < -0.3 is 10.1 Å². The van der Waals surface area contributed by atoms with Crippen LogP contribution in [-0.4, -0.2) is 39.8 Å². The molecule has 1 atom stereocenters. The zero-order chi connectivity index (χ0) is 22.5. The molecule has 164 valence electrons. The summed E-state index contributed by atoms with van der Waals surface area (Å²) >= 11 is 6.08. The van der Waals surface area contributed by atoms with Crippen LogP contribution < -0.4 is 14.4 Å². The first-order valence-electron chi connectivity index (χ1n) is 9.77. The average Bonchev–Trinajstić information content (AvgIpc) is 2.63. The van der Waals surface area contributed by atoms with Crippen LogP contribution in [0, 0.1) is 20.8 Å². The highest BCUT2D eigenvalue weighted by Gasteiger charge is 2.32. The van der Waals surface area contributed by atoms with Crippen molar-refractivity contribution in [2.24, 2.45) is 0 Å². The number of benzene rings is 2. The molecule has 0 fully saturated rings. The first-order chi connectivity index (χ1) is 14.0. The van der Waals surface area contributed by atoms with Crippen LogP contribution in [0.1, 0.15) is 30.0 Å². The maximum absolute atomic E-state index is 12.8. The van der Waals surface area contributed by atoms with E-state index in [0.717, 1.165) is 27.4 Å². The number of ether oxygens (including phenoxy) is 1. The molecule has 0 aliphatic rings. The molecule has 0 spiro atoms. The Kier molecular flexibility index (Phi) is 8.15. The third kappa shape index (κ3) is 6.37. The van der Waals surface area contributed by atoms with Gasteiger partial charge in [0.15, 0.2) is 0 Å². The predicted molar refractivity (Wildman–Crippen MR) is 122 cm³/mol. The van der Waals surface area contributed by atoms with Gasteiger partial charge in [-0.1, -0.05) is 30.7 Å². The van der Waals surface area contributed by atoms with E-state index in [9.17, 15) is 13.2 Å². The van der Waals surface area contributed by atoms with E-state index < -0.39 is 16.1 Å². The summed E-state index contributed by atoms with van der Waals surface area (Å²) in [6.07, 6.45) is 1.40. The van der Waals surface area contributed by atoms with Crippen molar-refractivity contribution in [1.82, 2.24) is 5.32 Å². The van der Waals surface area contributed by atoms with Crippen LogP contribution >= 0.6 is 11.6 Å². The van der Waals surface area contributed by atoms with Crippen molar-refractivity contribution >= 4 is 33.2 Å². The molecular formula is C22H29ClN2O4S. The van der Waals surface area contributed by atoms with Gasteiger partial charge in [-0.05, 0) is 68.1 Å². The molecule has 0 radical (unpaired) electrons. The third-order valence-corrected chi connectivity index (χ3v) is 6.00. The van der Waals surface area contributed by atoms with Crippen molar-refractivity contribution in [2.75, 3.05) is 23.7 Å². The smallest absolute Gasteiger partial charge is 0.244 e. The lowest BCUT2D eigenvalue weighted by Crippen LogP contribution is -2.50. The Labute approximate surface area is 184 Å². The van der Waals surface area contributed by atoms with Crippen LogP contribution in [-0.2, 0) is 14.8 Å². The van der Waals surface area contributed by atoms with Crippen LogP contribution in [0.4, 0.5) is 5.69 Å². The third-order valence-electron chi connectivity index (χ3n) is 4.60. The number of amides is 1. The Hall–Kier alpha value is -2.25. The molecule has 2 aromatic carbocycles. The normalized spacial score (nSPS) is 12.3. The van der Waals surface area contributed by atoms with E-state index >= 15 is 0 Å². The van der Waals surface area contributed by atoms with Gasteiger partial charge in [0.2, 0.25) is 15.9 Å². The molecule has 1 N–H and O–H groups in total. The van der Waals surface area contributed by atoms with Crippen LogP contribution in [0.3, 0.4) is 0 Å². The number of carbonyl (C=O) groups is 1. The van der Waals surface area contributed by atoms with E-state index in [1.165, 1.54) is 0 Å². The topological polar surface area (TPSA) is 75.7 Å². The molecule has 30 heavy (non-hydrogen) atoms. The number of hydrogen-bond acceptors (Lipinski definition) is 4. The van der Waals surface area contributed by atoms with Gasteiger partial charge >= 0.3 is 0 Å². The van der Waals surface area contributed by atoms with Crippen molar-refractivity contribution in [3.05, 3.63) is 58.1 Å². The molecule has 0 saturated heterocycles. The zero-order valence-electron chi connectivity index (χ0n) is 18.0. The number of nitrogens with one attached hydrogen (secondary N) is 1. The highest BCUT2D eigenvalue weighted by molar-refractivity contribution is 7.92. The average molecular weight is 453 g/mol. The number of aryl methyl sites for hydroxylation is 3. The van der Waals surface area contributed by atoms with E-state index in [4.69, 9.17) is 16.3 Å². The number of rotatable bonds is 9. The fraction of sp³-hybridized carbons (Fsp3) is 0.409. The monoisotopic (exact) mass is 452 g/mol. The molecule has 6 nitrogen and oxygen atoms in total. The lowest BCUT2D eigenvalue weighted by atomic mass is 10.1. The molecule has 2 rings (SSSR count). The Morgan fingerprint density at radius 3 is 2.33 bits per heavy atom. The van der Waals surface area contributed by atoms with Crippen LogP contribution in [0.2, 0.25) is 5.02 Å². The fourth-order valence-electron chi connectivity index (χ4n) is 3.33. The molecule has 0 saturated carbocycles. The molecule has 0 bridgehead atoms. The van der Waals surface area contributed by atoms with Gasteiger partial charge in [-0.15, -0.1) is 0 Å². The van der Waals surface area contributed by atoms with Crippen molar-refractivity contribution in [1.29, 1.82) is 0 Å². The van der Waals surface area contributed by atoms with Gasteiger partial charge in [-0.2, -0.15) is 0 Å². The molecule has 0 aromatic heterocycles. The molecule has 1 amide bonds. The second-order valence-electron chi connectivity index (χ2n) is 7.38. The second-order valence-corrected chi connectivity index (χ2v) is 9.67. The van der Waals surface area contributed by atoms with Gasteiger partial charge in [0, 0.05) is 5.02 Å². The fourth-order valence-corrected chi connectivity index (χ4v) is 4.76. The molecule has 0 heterocycles. The number of halogens is 1. The standard InChI is InChI=1S/C22H29ClN2O4S/c1-6-20(25(30(5,27)28)21-14-18(23)8-7-17(21)4)22(26)24-9-10-29-19-12-15(2)11-16(3)13-19/h7-8,11-14,20H,6,9-10H2,1-5H3,(H,24,26)/t20-/m0/s1. The van der Waals surface area contributed by atoms with Crippen molar-refractivity contribution in [3.8, 4) is 5.75 Å². The number of hydrogen-bond donors (Lipinski definition) is 1. The maximum atomic E-state index is 12.8. The summed E-state index contributed by atoms with van der Waals surface area (Å²) in [4.78, 5) is 12.8. The summed E-state index contributed by atoms with van der Waals surface area (Å²) < 4.78 is 32.0. The summed E-state index contributed by atoms with van der Waals surface area (Å²) in [5.41, 5.74) is 3.31. The van der Waals surface area contributed by atoms with Gasteiger partial charge in [0.25, 0.3) is 0 Å². The molecule has 0 aliphatic carbocycles. The molecular weight excluding hydrogens is 424 g/mol. The zero-order valence-corrected chi connectivity index (χ0v) is 19.6. The summed E-state index contributed by atoms with van der Waals surface area (Å²) in [6, 6.07) is 10.0. The van der Waals surface area contributed by atoms with E-state index in [1.807, 2.05) is 26.0 Å². The Morgan fingerprint density at radius 2 is 1.77 bits per heavy atom.